The summed E-state index contributed by atoms with van der Waals surface area (Å²) in [5.74, 6) is 0. The Balaban J connectivity index is 1.88. The van der Waals surface area contributed by atoms with E-state index >= 15 is 0 Å². The Labute approximate surface area is 120 Å². The highest BCUT2D eigenvalue weighted by atomic mass is 32.1. The van der Waals surface area contributed by atoms with Crippen LogP contribution >= 0.6 is 11.3 Å². The van der Waals surface area contributed by atoms with E-state index in [4.69, 9.17) is 0 Å². The lowest BCUT2D eigenvalue weighted by Crippen LogP contribution is -2.24. The van der Waals surface area contributed by atoms with Gasteiger partial charge < -0.3 is 5.32 Å². The van der Waals surface area contributed by atoms with E-state index in [0.29, 0.717) is 6.04 Å². The summed E-state index contributed by atoms with van der Waals surface area (Å²) in [6, 6.07) is 15.7. The molecule has 1 nitrogen and oxygen atoms in total. The molecule has 0 spiro atoms. The molecule has 0 aliphatic rings. The van der Waals surface area contributed by atoms with Crippen molar-refractivity contribution in [2.24, 2.45) is 0 Å². The molecule has 1 aromatic carbocycles. The zero-order valence-electron chi connectivity index (χ0n) is 11.9. The first-order chi connectivity index (χ1) is 9.29. The van der Waals surface area contributed by atoms with Gasteiger partial charge in [0.15, 0.2) is 0 Å². The van der Waals surface area contributed by atoms with Crippen LogP contribution in [0.1, 0.15) is 38.0 Å². The summed E-state index contributed by atoms with van der Waals surface area (Å²) in [5, 5.41) is 3.61. The summed E-state index contributed by atoms with van der Waals surface area (Å²) >= 11 is 1.89. The third-order valence-corrected chi connectivity index (χ3v) is 4.47. The molecule has 0 bridgehead atoms. The molecule has 1 unspecified atom stereocenters. The largest absolute Gasteiger partial charge is 0.309 e. The highest BCUT2D eigenvalue weighted by Gasteiger charge is 2.04. The van der Waals surface area contributed by atoms with Gasteiger partial charge in [-0.1, -0.05) is 50.1 Å². The van der Waals surface area contributed by atoms with Crippen molar-refractivity contribution in [3.63, 3.8) is 0 Å². The first-order valence-corrected chi connectivity index (χ1v) is 7.98. The van der Waals surface area contributed by atoms with Crippen molar-refractivity contribution >= 4 is 11.3 Å². The van der Waals surface area contributed by atoms with Gasteiger partial charge in [-0.05, 0) is 31.0 Å². The van der Waals surface area contributed by atoms with Gasteiger partial charge in [-0.2, -0.15) is 0 Å². The highest BCUT2D eigenvalue weighted by molar-refractivity contribution is 7.15. The average Bonchev–Trinajstić information content (AvgIpc) is 2.93. The van der Waals surface area contributed by atoms with Crippen molar-refractivity contribution in [2.45, 2.75) is 45.7 Å². The van der Waals surface area contributed by atoms with Gasteiger partial charge in [0.2, 0.25) is 0 Å². The maximum atomic E-state index is 3.61. The maximum Gasteiger partial charge on any atom is 0.0346 e. The summed E-state index contributed by atoms with van der Waals surface area (Å²) in [4.78, 5) is 2.78. The number of thiophene rings is 1. The van der Waals surface area contributed by atoms with Gasteiger partial charge in [-0.25, -0.2) is 0 Å². The summed E-state index contributed by atoms with van der Waals surface area (Å²) < 4.78 is 0. The maximum absolute atomic E-state index is 3.61. The topological polar surface area (TPSA) is 12.0 Å². The molecule has 1 N–H and O–H groups in total. The fourth-order valence-electron chi connectivity index (χ4n) is 2.12. The number of hydrogen-bond acceptors (Lipinski definition) is 2. The van der Waals surface area contributed by atoms with E-state index in [1.807, 2.05) is 11.3 Å². The Morgan fingerprint density at radius 3 is 2.63 bits per heavy atom. The van der Waals surface area contributed by atoms with E-state index in [2.05, 4.69) is 61.6 Å². The van der Waals surface area contributed by atoms with Crippen LogP contribution in [0.5, 0.6) is 0 Å². The molecule has 0 amide bonds. The Hall–Kier alpha value is -1.12. The van der Waals surface area contributed by atoms with Crippen LogP contribution in [0.4, 0.5) is 0 Å². The predicted octanol–water partition coefficient (Wildman–Crippen LogP) is 5.08. The van der Waals surface area contributed by atoms with Crippen LogP contribution in [0, 0.1) is 0 Å². The monoisotopic (exact) mass is 273 g/mol. The Bertz CT molecular complexity index is 475. The van der Waals surface area contributed by atoms with Crippen LogP contribution in [-0.2, 0) is 6.54 Å². The van der Waals surface area contributed by atoms with Crippen LogP contribution in [0.3, 0.4) is 0 Å². The van der Waals surface area contributed by atoms with Crippen molar-refractivity contribution in [2.75, 3.05) is 0 Å². The molecule has 1 heterocycles. The minimum absolute atomic E-state index is 0.613. The highest BCUT2D eigenvalue weighted by Crippen LogP contribution is 2.27. The predicted molar refractivity (Wildman–Crippen MR) is 85.6 cm³/mol. The van der Waals surface area contributed by atoms with Gasteiger partial charge in [-0.3, -0.25) is 0 Å². The van der Waals surface area contributed by atoms with Gasteiger partial charge in [-0.15, -0.1) is 11.3 Å². The summed E-state index contributed by atoms with van der Waals surface area (Å²) in [7, 11) is 0. The smallest absolute Gasteiger partial charge is 0.0346 e. The van der Waals surface area contributed by atoms with E-state index in [-0.39, 0.29) is 0 Å². The van der Waals surface area contributed by atoms with E-state index in [1.165, 1.54) is 34.6 Å². The van der Waals surface area contributed by atoms with E-state index in [1.54, 1.807) is 0 Å². The third-order valence-electron chi connectivity index (χ3n) is 3.34. The molecule has 1 atom stereocenters. The standard InChI is InChI=1S/C17H23NS/c1-3-4-8-14(2)18-13-16-11-12-17(19-16)15-9-6-5-7-10-15/h5-7,9-12,14,18H,3-4,8,13H2,1-2H3. The lowest BCUT2D eigenvalue weighted by atomic mass is 10.1. The minimum atomic E-state index is 0.613. The second-order valence-electron chi connectivity index (χ2n) is 5.06. The fraction of sp³-hybridized carbons (Fsp3) is 0.412. The Morgan fingerprint density at radius 1 is 1.11 bits per heavy atom. The lowest BCUT2D eigenvalue weighted by Gasteiger charge is -2.11. The van der Waals surface area contributed by atoms with Gasteiger partial charge >= 0.3 is 0 Å². The molecule has 0 aliphatic heterocycles. The molecular weight excluding hydrogens is 250 g/mol. The molecule has 2 aromatic rings. The number of unbranched alkanes of at least 4 members (excludes halogenated alkanes) is 1. The molecule has 102 valence electrons. The first-order valence-electron chi connectivity index (χ1n) is 7.17. The molecule has 0 saturated carbocycles. The summed E-state index contributed by atoms with van der Waals surface area (Å²) in [5.41, 5.74) is 1.32. The second kappa shape index (κ2) is 7.46. The number of benzene rings is 1. The van der Waals surface area contributed by atoms with Gasteiger partial charge in [0.1, 0.15) is 0 Å². The molecule has 19 heavy (non-hydrogen) atoms. The zero-order chi connectivity index (χ0) is 13.5. The van der Waals surface area contributed by atoms with Crippen LogP contribution in [-0.4, -0.2) is 6.04 Å². The normalized spacial score (nSPS) is 12.5. The third kappa shape index (κ3) is 4.48. The molecular formula is C17H23NS. The summed E-state index contributed by atoms with van der Waals surface area (Å²) in [6.45, 7) is 5.52. The van der Waals surface area contributed by atoms with Crippen LogP contribution in [0.2, 0.25) is 0 Å². The van der Waals surface area contributed by atoms with E-state index in [0.717, 1.165) is 6.54 Å². The molecule has 0 aliphatic carbocycles. The SMILES string of the molecule is CCCCC(C)NCc1ccc(-c2ccccc2)s1. The Kier molecular flexibility index (Phi) is 5.62. The zero-order valence-corrected chi connectivity index (χ0v) is 12.7. The van der Waals surface area contributed by atoms with E-state index in [9.17, 15) is 0 Å². The van der Waals surface area contributed by atoms with Gasteiger partial charge in [0.25, 0.3) is 0 Å². The first kappa shape index (κ1) is 14.3. The molecule has 2 rings (SSSR count). The lowest BCUT2D eigenvalue weighted by molar-refractivity contribution is 0.497. The molecule has 0 radical (unpaired) electrons. The van der Waals surface area contributed by atoms with Crippen molar-refractivity contribution in [3.8, 4) is 10.4 Å². The number of hydrogen-bond donors (Lipinski definition) is 1. The molecule has 0 fully saturated rings. The minimum Gasteiger partial charge on any atom is -0.309 e. The van der Waals surface area contributed by atoms with Crippen molar-refractivity contribution in [3.05, 3.63) is 47.3 Å². The quantitative estimate of drug-likeness (QED) is 0.741. The molecule has 0 saturated heterocycles. The molecule has 1 aromatic heterocycles. The number of rotatable bonds is 7. The van der Waals surface area contributed by atoms with E-state index < -0.39 is 0 Å². The fourth-order valence-corrected chi connectivity index (χ4v) is 3.08. The van der Waals surface area contributed by atoms with Crippen molar-refractivity contribution in [1.82, 2.24) is 5.32 Å². The molecule has 2 heteroatoms. The van der Waals surface area contributed by atoms with Gasteiger partial charge in [0, 0.05) is 22.3 Å². The van der Waals surface area contributed by atoms with Crippen molar-refractivity contribution < 1.29 is 0 Å². The van der Waals surface area contributed by atoms with Crippen LogP contribution in [0.15, 0.2) is 42.5 Å². The second-order valence-corrected chi connectivity index (χ2v) is 6.22. The average molecular weight is 273 g/mol. The van der Waals surface area contributed by atoms with Crippen molar-refractivity contribution in [1.29, 1.82) is 0 Å². The summed E-state index contributed by atoms with van der Waals surface area (Å²) in [6.07, 6.45) is 3.87. The van der Waals surface area contributed by atoms with Gasteiger partial charge in [0.05, 0.1) is 0 Å². The number of nitrogens with one attached hydrogen (secondary N) is 1. The van der Waals surface area contributed by atoms with Crippen LogP contribution < -0.4 is 5.32 Å². The Morgan fingerprint density at radius 2 is 1.89 bits per heavy atom. The van der Waals surface area contributed by atoms with Crippen LogP contribution in [0.25, 0.3) is 10.4 Å².